The predicted octanol–water partition coefficient (Wildman–Crippen LogP) is 6.09. The predicted molar refractivity (Wildman–Crippen MR) is 115 cm³/mol. The van der Waals surface area contributed by atoms with Gasteiger partial charge in [-0.3, -0.25) is 4.79 Å². The van der Waals surface area contributed by atoms with Gasteiger partial charge in [0.2, 0.25) is 0 Å². The fourth-order valence-electron chi connectivity index (χ4n) is 3.55. The Kier molecular flexibility index (Phi) is 4.26. The summed E-state index contributed by atoms with van der Waals surface area (Å²) >= 11 is 0. The molecule has 0 radical (unpaired) electrons. The molecule has 27 heavy (non-hydrogen) atoms. The lowest BCUT2D eigenvalue weighted by Crippen LogP contribution is -2.43. The number of benzene rings is 3. The van der Waals surface area contributed by atoms with E-state index in [1.54, 1.807) is 21.6 Å². The Bertz CT molecular complexity index is 1020. The smallest absolute Gasteiger partial charge is 0.177 e. The molecule has 5 heteroatoms. The molecule has 2 aliphatic heterocycles. The lowest BCUT2D eigenvalue weighted by atomic mass is 9.90. The zero-order valence-corrected chi connectivity index (χ0v) is 16.0. The summed E-state index contributed by atoms with van der Waals surface area (Å²) in [7, 11) is 3.33. The molecule has 0 spiro atoms. The van der Waals surface area contributed by atoms with E-state index < -0.39 is 0 Å². The Morgan fingerprint density at radius 3 is 2.26 bits per heavy atom. The SMILES string of the molecule is O=C1c2ccccc2N(c2ccccc2)C2SSC(=Nc3ccccc3)C12. The minimum absolute atomic E-state index is 0.00209. The molecule has 132 valence electrons. The maximum Gasteiger partial charge on any atom is 0.177 e. The van der Waals surface area contributed by atoms with Crippen molar-refractivity contribution in [1.82, 2.24) is 0 Å². The fourth-order valence-corrected chi connectivity index (χ4v) is 6.61. The van der Waals surface area contributed by atoms with Crippen molar-refractivity contribution in [3.8, 4) is 0 Å². The second kappa shape index (κ2) is 6.91. The maximum atomic E-state index is 13.3. The number of anilines is 2. The fraction of sp³-hybridized carbons (Fsp3) is 0.0909. The summed E-state index contributed by atoms with van der Waals surface area (Å²) in [5.74, 6) is -0.0923. The maximum absolute atomic E-state index is 13.3. The molecule has 3 aromatic carbocycles. The molecule has 0 bridgehead atoms. The van der Waals surface area contributed by atoms with Crippen molar-refractivity contribution in [3.05, 3.63) is 90.5 Å². The van der Waals surface area contributed by atoms with Gasteiger partial charge in [0.1, 0.15) is 11.3 Å². The number of fused-ring (bicyclic) bond motifs is 2. The van der Waals surface area contributed by atoms with E-state index >= 15 is 0 Å². The summed E-state index contributed by atoms with van der Waals surface area (Å²) in [4.78, 5) is 20.4. The summed E-state index contributed by atoms with van der Waals surface area (Å²) in [6, 6.07) is 28.0. The van der Waals surface area contributed by atoms with Crippen molar-refractivity contribution in [1.29, 1.82) is 0 Å². The van der Waals surface area contributed by atoms with Gasteiger partial charge in [-0.25, -0.2) is 4.99 Å². The van der Waals surface area contributed by atoms with Gasteiger partial charge in [-0.1, -0.05) is 59.3 Å². The third kappa shape index (κ3) is 2.87. The summed E-state index contributed by atoms with van der Waals surface area (Å²) in [5.41, 5.74) is 3.73. The molecule has 0 saturated carbocycles. The second-order valence-corrected chi connectivity index (χ2v) is 8.76. The van der Waals surface area contributed by atoms with E-state index in [1.807, 2.05) is 72.8 Å². The molecule has 1 fully saturated rings. The van der Waals surface area contributed by atoms with Gasteiger partial charge in [0.25, 0.3) is 0 Å². The van der Waals surface area contributed by atoms with Crippen LogP contribution in [0.5, 0.6) is 0 Å². The zero-order chi connectivity index (χ0) is 18.2. The van der Waals surface area contributed by atoms with Crippen LogP contribution >= 0.6 is 21.6 Å². The van der Waals surface area contributed by atoms with Crippen LogP contribution in [0.2, 0.25) is 0 Å². The molecule has 0 aromatic heterocycles. The van der Waals surface area contributed by atoms with Crippen LogP contribution in [-0.2, 0) is 0 Å². The van der Waals surface area contributed by atoms with Gasteiger partial charge in [0.15, 0.2) is 5.78 Å². The standard InChI is InChI=1S/C22H16N2OS2/c25-20-17-13-7-8-14-18(17)24(16-11-5-2-6-12-16)22-19(20)21(26-27-22)23-15-9-3-1-4-10-15/h1-14,19,22H. The monoisotopic (exact) mass is 388 g/mol. The second-order valence-electron chi connectivity index (χ2n) is 6.42. The molecule has 3 aromatic rings. The first-order chi connectivity index (χ1) is 13.3. The van der Waals surface area contributed by atoms with Crippen LogP contribution in [0.3, 0.4) is 0 Å². The number of Topliss-reactive ketones (excluding diaryl/α,β-unsaturated/α-hetero) is 1. The van der Waals surface area contributed by atoms with Crippen LogP contribution in [0.25, 0.3) is 0 Å². The molecule has 1 saturated heterocycles. The van der Waals surface area contributed by atoms with Crippen molar-refractivity contribution >= 4 is 49.5 Å². The first kappa shape index (κ1) is 16.7. The van der Waals surface area contributed by atoms with Crippen molar-refractivity contribution in [2.75, 3.05) is 4.90 Å². The average molecular weight is 389 g/mol. The highest BCUT2D eigenvalue weighted by atomic mass is 33.1. The topological polar surface area (TPSA) is 32.7 Å². The number of para-hydroxylation sites is 3. The normalized spacial score (nSPS) is 22.6. The van der Waals surface area contributed by atoms with Crippen LogP contribution in [0.4, 0.5) is 17.1 Å². The number of aliphatic imine (C=N–C) groups is 1. The first-order valence-electron chi connectivity index (χ1n) is 8.77. The number of carbonyl (C=O) groups excluding carboxylic acids is 1. The van der Waals surface area contributed by atoms with Gasteiger partial charge in [0.05, 0.1) is 16.4 Å². The number of rotatable bonds is 2. The number of carbonyl (C=O) groups is 1. The summed E-state index contributed by atoms with van der Waals surface area (Å²) < 4.78 is 0. The quantitative estimate of drug-likeness (QED) is 0.497. The van der Waals surface area contributed by atoms with Crippen molar-refractivity contribution in [2.24, 2.45) is 10.9 Å². The highest BCUT2D eigenvalue weighted by Gasteiger charge is 2.48. The Morgan fingerprint density at radius 2 is 1.48 bits per heavy atom. The zero-order valence-electron chi connectivity index (χ0n) is 14.4. The van der Waals surface area contributed by atoms with Crippen molar-refractivity contribution in [3.63, 3.8) is 0 Å². The van der Waals surface area contributed by atoms with E-state index in [0.29, 0.717) is 0 Å². The number of hydrogen-bond acceptors (Lipinski definition) is 5. The summed E-state index contributed by atoms with van der Waals surface area (Å²) in [5, 5.41) is 0.888. The molecule has 2 aliphatic rings. The molecule has 0 aliphatic carbocycles. The molecular formula is C22H16N2OS2. The Labute approximate surface area is 165 Å². The molecule has 0 N–H and O–H groups in total. The largest absolute Gasteiger partial charge is 0.326 e. The molecule has 5 rings (SSSR count). The Balaban J connectivity index is 1.64. The van der Waals surface area contributed by atoms with Crippen molar-refractivity contribution in [2.45, 2.75) is 5.37 Å². The number of ketones is 1. The van der Waals surface area contributed by atoms with Crippen LogP contribution in [0, 0.1) is 5.92 Å². The van der Waals surface area contributed by atoms with Gasteiger partial charge >= 0.3 is 0 Å². The van der Waals surface area contributed by atoms with E-state index in [4.69, 9.17) is 4.99 Å². The van der Waals surface area contributed by atoms with E-state index in [9.17, 15) is 4.79 Å². The van der Waals surface area contributed by atoms with Gasteiger partial charge in [-0.2, -0.15) is 0 Å². The van der Waals surface area contributed by atoms with E-state index in [-0.39, 0.29) is 17.1 Å². The lowest BCUT2D eigenvalue weighted by Gasteiger charge is -2.38. The molecule has 3 nitrogen and oxygen atoms in total. The van der Waals surface area contributed by atoms with Gasteiger partial charge in [-0.15, -0.1) is 0 Å². The number of hydrogen-bond donors (Lipinski definition) is 0. The lowest BCUT2D eigenvalue weighted by molar-refractivity contribution is 0.0950. The molecule has 0 amide bonds. The third-order valence-corrected chi connectivity index (χ3v) is 7.46. The summed E-state index contributed by atoms with van der Waals surface area (Å²) in [6.45, 7) is 0. The molecule has 2 heterocycles. The van der Waals surface area contributed by atoms with Gasteiger partial charge in [-0.05, 0) is 47.2 Å². The van der Waals surface area contributed by atoms with Crippen LogP contribution < -0.4 is 4.90 Å². The molecule has 2 atom stereocenters. The van der Waals surface area contributed by atoms with Crippen LogP contribution in [0.15, 0.2) is 89.9 Å². The van der Waals surface area contributed by atoms with E-state index in [1.165, 1.54) is 0 Å². The van der Waals surface area contributed by atoms with Gasteiger partial charge < -0.3 is 4.90 Å². The van der Waals surface area contributed by atoms with E-state index in [0.717, 1.165) is 27.7 Å². The number of nitrogens with zero attached hydrogens (tertiary/aromatic N) is 2. The third-order valence-electron chi connectivity index (χ3n) is 4.78. The minimum atomic E-state index is -0.254. The van der Waals surface area contributed by atoms with Crippen molar-refractivity contribution < 1.29 is 4.79 Å². The van der Waals surface area contributed by atoms with Gasteiger partial charge in [0, 0.05) is 11.3 Å². The molecular weight excluding hydrogens is 372 g/mol. The first-order valence-corrected chi connectivity index (χ1v) is 11.0. The highest BCUT2D eigenvalue weighted by Crippen LogP contribution is 2.54. The van der Waals surface area contributed by atoms with Crippen LogP contribution in [-0.4, -0.2) is 16.2 Å². The van der Waals surface area contributed by atoms with E-state index in [2.05, 4.69) is 17.0 Å². The van der Waals surface area contributed by atoms with Crippen LogP contribution in [0.1, 0.15) is 10.4 Å². The Morgan fingerprint density at radius 1 is 0.815 bits per heavy atom. The average Bonchev–Trinajstić information content (AvgIpc) is 3.13. The minimum Gasteiger partial charge on any atom is -0.326 e. The Hall–Kier alpha value is -2.50. The molecule has 2 unspecified atom stereocenters. The highest BCUT2D eigenvalue weighted by molar-refractivity contribution is 8.83. The summed E-state index contributed by atoms with van der Waals surface area (Å²) in [6.07, 6.45) is 0.